The summed E-state index contributed by atoms with van der Waals surface area (Å²) in [6.07, 6.45) is -6.49. The van der Waals surface area contributed by atoms with Crippen molar-refractivity contribution < 1.29 is 23.1 Å². The Morgan fingerprint density at radius 1 is 1.29 bits per heavy atom. The SMILES string of the molecule is NC(c1ccccc1O)n1c(=O)cc(C(F)(F)F)n1C=O. The number of phenolic OH excluding ortho intramolecular Hbond substituents is 1. The van der Waals surface area contributed by atoms with E-state index in [-0.39, 0.29) is 28.5 Å². The van der Waals surface area contributed by atoms with E-state index in [1.54, 1.807) is 0 Å². The number of para-hydroxylation sites is 1. The topological polar surface area (TPSA) is 90.2 Å². The number of nitrogens with two attached hydrogens (primary N) is 1. The largest absolute Gasteiger partial charge is 0.508 e. The van der Waals surface area contributed by atoms with E-state index < -0.39 is 23.6 Å². The lowest BCUT2D eigenvalue weighted by Crippen LogP contribution is -2.34. The Hall–Kier alpha value is -2.55. The number of aromatic hydroxyl groups is 1. The van der Waals surface area contributed by atoms with Crippen LogP contribution in [0, 0.1) is 0 Å². The molecule has 0 saturated carbocycles. The molecule has 0 aliphatic heterocycles. The van der Waals surface area contributed by atoms with Gasteiger partial charge in [-0.25, -0.2) is 9.36 Å². The number of alkyl halides is 3. The third-order valence-corrected chi connectivity index (χ3v) is 2.87. The zero-order chi connectivity index (χ0) is 15.8. The van der Waals surface area contributed by atoms with Gasteiger partial charge in [0.05, 0.1) is 0 Å². The number of halogens is 3. The monoisotopic (exact) mass is 301 g/mol. The predicted octanol–water partition coefficient (Wildman–Crippen LogP) is 0.918. The predicted molar refractivity (Wildman–Crippen MR) is 66.3 cm³/mol. The van der Waals surface area contributed by atoms with E-state index in [0.29, 0.717) is 4.68 Å². The first-order valence-electron chi connectivity index (χ1n) is 5.67. The summed E-state index contributed by atoms with van der Waals surface area (Å²) < 4.78 is 38.8. The van der Waals surface area contributed by atoms with Gasteiger partial charge in [-0.15, -0.1) is 0 Å². The smallest absolute Gasteiger partial charge is 0.433 e. The molecule has 2 rings (SSSR count). The standard InChI is InChI=1S/C12H10F3N3O3/c13-12(14,15)9-5-10(21)18(17(9)6-19)11(16)7-3-1-2-4-8(7)20/h1-6,11,20H,16H2. The minimum absolute atomic E-state index is 0.00882. The molecule has 1 aromatic heterocycles. The average Bonchev–Trinajstić information content (AvgIpc) is 2.75. The lowest BCUT2D eigenvalue weighted by atomic mass is 10.1. The van der Waals surface area contributed by atoms with Gasteiger partial charge < -0.3 is 10.8 Å². The maximum atomic E-state index is 12.8. The van der Waals surface area contributed by atoms with E-state index in [0.717, 1.165) is 0 Å². The van der Waals surface area contributed by atoms with Crippen molar-refractivity contribution in [2.45, 2.75) is 12.3 Å². The van der Waals surface area contributed by atoms with Gasteiger partial charge >= 0.3 is 6.18 Å². The molecule has 0 aliphatic carbocycles. The Morgan fingerprint density at radius 2 is 1.90 bits per heavy atom. The first-order valence-corrected chi connectivity index (χ1v) is 5.67. The molecule has 1 aromatic carbocycles. The van der Waals surface area contributed by atoms with Gasteiger partial charge in [-0.2, -0.15) is 13.2 Å². The van der Waals surface area contributed by atoms with Crippen molar-refractivity contribution in [2.24, 2.45) is 5.73 Å². The van der Waals surface area contributed by atoms with Gasteiger partial charge in [-0.1, -0.05) is 18.2 Å². The van der Waals surface area contributed by atoms with Crippen LogP contribution in [0.4, 0.5) is 13.2 Å². The molecule has 0 aliphatic rings. The van der Waals surface area contributed by atoms with Gasteiger partial charge in [0.1, 0.15) is 11.9 Å². The molecular weight excluding hydrogens is 291 g/mol. The van der Waals surface area contributed by atoms with Crippen molar-refractivity contribution in [3.63, 3.8) is 0 Å². The maximum Gasteiger partial charge on any atom is 0.433 e. The molecule has 0 fully saturated rings. The summed E-state index contributed by atoms with van der Waals surface area (Å²) in [5.41, 5.74) is 3.17. The number of aromatic nitrogens is 2. The Morgan fingerprint density at radius 3 is 2.43 bits per heavy atom. The van der Waals surface area contributed by atoms with Crippen molar-refractivity contribution >= 4 is 6.41 Å². The number of nitrogens with zero attached hydrogens (tertiary/aromatic N) is 2. The van der Waals surface area contributed by atoms with Gasteiger partial charge in [0, 0.05) is 11.6 Å². The highest BCUT2D eigenvalue weighted by molar-refractivity contribution is 5.53. The fourth-order valence-corrected chi connectivity index (χ4v) is 1.93. The minimum Gasteiger partial charge on any atom is -0.508 e. The Bertz CT molecular complexity index is 733. The second-order valence-electron chi connectivity index (χ2n) is 4.16. The van der Waals surface area contributed by atoms with E-state index in [1.165, 1.54) is 24.3 Å². The van der Waals surface area contributed by atoms with Crippen molar-refractivity contribution in [1.82, 2.24) is 9.36 Å². The normalized spacial score (nSPS) is 13.1. The van der Waals surface area contributed by atoms with E-state index in [1.807, 2.05) is 0 Å². The Balaban J connectivity index is 2.65. The highest BCUT2D eigenvalue weighted by Gasteiger charge is 2.37. The zero-order valence-electron chi connectivity index (χ0n) is 10.4. The lowest BCUT2D eigenvalue weighted by molar-refractivity contribution is -0.142. The molecular formula is C12H10F3N3O3. The summed E-state index contributed by atoms with van der Waals surface area (Å²) in [5.74, 6) is -0.302. The molecule has 0 radical (unpaired) electrons. The summed E-state index contributed by atoms with van der Waals surface area (Å²) >= 11 is 0. The molecule has 112 valence electrons. The third kappa shape index (κ3) is 2.55. The minimum atomic E-state index is -4.89. The molecule has 1 atom stereocenters. The molecule has 2 aromatic rings. The summed E-state index contributed by atoms with van der Waals surface area (Å²) in [6.45, 7) is 0. The lowest BCUT2D eigenvalue weighted by Gasteiger charge is -2.18. The molecule has 0 saturated heterocycles. The average molecular weight is 301 g/mol. The molecule has 1 heterocycles. The first kappa shape index (κ1) is 14.9. The van der Waals surface area contributed by atoms with Crippen LogP contribution in [-0.2, 0) is 11.0 Å². The van der Waals surface area contributed by atoms with Crippen molar-refractivity contribution in [1.29, 1.82) is 0 Å². The van der Waals surface area contributed by atoms with Crippen LogP contribution in [0.1, 0.15) is 17.4 Å². The Kier molecular flexibility index (Phi) is 3.60. The quantitative estimate of drug-likeness (QED) is 0.825. The van der Waals surface area contributed by atoms with Crippen LogP contribution in [0.3, 0.4) is 0 Å². The van der Waals surface area contributed by atoms with Gasteiger partial charge in [-0.05, 0) is 6.07 Å². The van der Waals surface area contributed by atoms with E-state index in [4.69, 9.17) is 5.73 Å². The van der Waals surface area contributed by atoms with Crippen LogP contribution in [0.15, 0.2) is 35.1 Å². The van der Waals surface area contributed by atoms with Crippen molar-refractivity contribution in [2.75, 3.05) is 0 Å². The molecule has 1 unspecified atom stereocenters. The van der Waals surface area contributed by atoms with Crippen LogP contribution < -0.4 is 11.3 Å². The Labute approximate surface area is 115 Å². The molecule has 21 heavy (non-hydrogen) atoms. The van der Waals surface area contributed by atoms with E-state index in [9.17, 15) is 27.9 Å². The molecule has 0 spiro atoms. The molecule has 0 amide bonds. The fourth-order valence-electron chi connectivity index (χ4n) is 1.93. The highest BCUT2D eigenvalue weighted by atomic mass is 19.4. The number of carbonyl (C=O) groups excluding carboxylic acids is 1. The summed E-state index contributed by atoms with van der Waals surface area (Å²) in [5, 5.41) is 9.65. The number of rotatable bonds is 3. The number of hydrogen-bond donors (Lipinski definition) is 2. The van der Waals surface area contributed by atoms with E-state index >= 15 is 0 Å². The number of hydrogen-bond acceptors (Lipinski definition) is 4. The van der Waals surface area contributed by atoms with Crippen molar-refractivity contribution in [3.05, 3.63) is 51.9 Å². The molecule has 3 N–H and O–H groups in total. The van der Waals surface area contributed by atoms with Gasteiger partial charge in [0.25, 0.3) is 5.56 Å². The summed E-state index contributed by atoms with van der Waals surface area (Å²) in [6, 6.07) is 5.84. The van der Waals surface area contributed by atoms with Crippen LogP contribution in [-0.4, -0.2) is 20.9 Å². The second kappa shape index (κ2) is 5.09. The summed E-state index contributed by atoms with van der Waals surface area (Å²) in [7, 11) is 0. The van der Waals surface area contributed by atoms with Crippen LogP contribution in [0.5, 0.6) is 5.75 Å². The highest BCUT2D eigenvalue weighted by Crippen LogP contribution is 2.29. The number of benzene rings is 1. The molecule has 9 heteroatoms. The second-order valence-corrected chi connectivity index (χ2v) is 4.16. The van der Waals surface area contributed by atoms with Crippen LogP contribution in [0.2, 0.25) is 0 Å². The van der Waals surface area contributed by atoms with Crippen molar-refractivity contribution in [3.8, 4) is 5.75 Å². The fraction of sp³-hybridized carbons (Fsp3) is 0.167. The zero-order valence-corrected chi connectivity index (χ0v) is 10.4. The maximum absolute atomic E-state index is 12.8. The van der Waals surface area contributed by atoms with Gasteiger partial charge in [0.2, 0.25) is 6.41 Å². The van der Waals surface area contributed by atoms with Gasteiger partial charge in [0.15, 0.2) is 5.69 Å². The molecule has 0 bridgehead atoms. The summed E-state index contributed by atoms with van der Waals surface area (Å²) in [4.78, 5) is 22.6. The first-order chi connectivity index (χ1) is 9.77. The van der Waals surface area contributed by atoms with E-state index in [2.05, 4.69) is 0 Å². The molecule has 6 nitrogen and oxygen atoms in total. The van der Waals surface area contributed by atoms with Gasteiger partial charge in [-0.3, -0.25) is 9.59 Å². The van der Waals surface area contributed by atoms with Crippen LogP contribution in [0.25, 0.3) is 0 Å². The number of carbonyl (C=O) groups is 1. The third-order valence-electron chi connectivity index (χ3n) is 2.87. The number of phenols is 1. The van der Waals surface area contributed by atoms with Crippen LogP contribution >= 0.6 is 0 Å².